The summed E-state index contributed by atoms with van der Waals surface area (Å²) in [4.78, 5) is 44.6. The summed E-state index contributed by atoms with van der Waals surface area (Å²) in [7, 11) is 3.00. The van der Waals surface area contributed by atoms with Crippen molar-refractivity contribution in [2.24, 2.45) is 19.8 Å². The zero-order chi connectivity index (χ0) is 25.8. The summed E-state index contributed by atoms with van der Waals surface area (Å²) in [5, 5.41) is 11.3. The van der Waals surface area contributed by atoms with Gasteiger partial charge in [0.25, 0.3) is 11.5 Å². The highest BCUT2D eigenvalue weighted by molar-refractivity contribution is 5.94. The Morgan fingerprint density at radius 1 is 1.22 bits per heavy atom. The molecule has 2 saturated heterocycles. The third kappa shape index (κ3) is 3.87. The van der Waals surface area contributed by atoms with E-state index in [1.807, 2.05) is 23.1 Å². The number of hydrogen-bond acceptors (Lipinski definition) is 7. The second kappa shape index (κ2) is 8.68. The Kier molecular flexibility index (Phi) is 5.89. The Hall–Kier alpha value is -3.28. The van der Waals surface area contributed by atoms with Gasteiger partial charge in [-0.25, -0.2) is 9.78 Å². The van der Waals surface area contributed by atoms with Gasteiger partial charge in [-0.3, -0.25) is 18.7 Å². The summed E-state index contributed by atoms with van der Waals surface area (Å²) in [5.74, 6) is -0.0375. The number of imidazole rings is 1. The number of aliphatic hydroxyl groups is 1. The van der Waals surface area contributed by atoms with Crippen LogP contribution in [0.5, 0.6) is 0 Å². The standard InChI is InChI=1S/C25H32N6O5/c1-24(35)14-36-25(7-9-30(10-8-25)21(32)17-6-4-5-16(11-17)13-26)12-18(24)31-15-27-20-19(31)22(33)29(3)23(34)28(20)2/h4-6,11,15,18,35H,7-10,12-14,26H2,1-3H3/t18-,24-/m0/s1. The smallest absolute Gasteiger partial charge is 0.332 e. The van der Waals surface area contributed by atoms with E-state index in [1.165, 1.54) is 17.9 Å². The molecule has 1 amide bonds. The van der Waals surface area contributed by atoms with Gasteiger partial charge in [-0.05, 0) is 37.5 Å². The minimum Gasteiger partial charge on any atom is -0.386 e. The summed E-state index contributed by atoms with van der Waals surface area (Å²) in [6.07, 6.45) is 3.17. The van der Waals surface area contributed by atoms with Gasteiger partial charge in [0.1, 0.15) is 5.60 Å². The normalized spacial score (nSPS) is 23.9. The van der Waals surface area contributed by atoms with Crippen molar-refractivity contribution in [1.29, 1.82) is 0 Å². The molecule has 2 aliphatic heterocycles. The number of aryl methyl sites for hydroxylation is 1. The molecule has 36 heavy (non-hydrogen) atoms. The summed E-state index contributed by atoms with van der Waals surface area (Å²) < 4.78 is 10.3. The van der Waals surface area contributed by atoms with Crippen molar-refractivity contribution in [2.45, 2.75) is 50.0 Å². The van der Waals surface area contributed by atoms with E-state index in [-0.39, 0.29) is 23.7 Å². The van der Waals surface area contributed by atoms with Crippen LogP contribution in [0.2, 0.25) is 0 Å². The van der Waals surface area contributed by atoms with Gasteiger partial charge in [0.15, 0.2) is 11.2 Å². The Morgan fingerprint density at radius 3 is 2.64 bits per heavy atom. The number of carbonyl (C=O) groups is 1. The molecule has 3 N–H and O–H groups in total. The van der Waals surface area contributed by atoms with Crippen LogP contribution in [0.25, 0.3) is 11.2 Å². The first kappa shape index (κ1) is 24.4. The van der Waals surface area contributed by atoms with E-state index < -0.39 is 28.5 Å². The van der Waals surface area contributed by atoms with Crippen LogP contribution in [0.3, 0.4) is 0 Å². The number of rotatable bonds is 3. The van der Waals surface area contributed by atoms with Crippen LogP contribution in [-0.4, -0.2) is 65.5 Å². The van der Waals surface area contributed by atoms with E-state index in [2.05, 4.69) is 4.98 Å². The highest BCUT2D eigenvalue weighted by Crippen LogP contribution is 2.44. The van der Waals surface area contributed by atoms with Gasteiger partial charge < -0.3 is 25.0 Å². The van der Waals surface area contributed by atoms with Crippen molar-refractivity contribution in [2.75, 3.05) is 19.7 Å². The van der Waals surface area contributed by atoms with E-state index in [9.17, 15) is 19.5 Å². The van der Waals surface area contributed by atoms with Crippen molar-refractivity contribution < 1.29 is 14.6 Å². The largest absolute Gasteiger partial charge is 0.386 e. The van der Waals surface area contributed by atoms with E-state index in [0.29, 0.717) is 44.5 Å². The third-order valence-electron chi connectivity index (χ3n) is 7.83. The highest BCUT2D eigenvalue weighted by Gasteiger charge is 2.50. The van der Waals surface area contributed by atoms with Crippen LogP contribution in [0.4, 0.5) is 0 Å². The van der Waals surface area contributed by atoms with Crippen molar-refractivity contribution in [3.05, 3.63) is 62.6 Å². The zero-order valence-corrected chi connectivity index (χ0v) is 20.8. The number of fused-ring (bicyclic) bond motifs is 1. The van der Waals surface area contributed by atoms with Crippen LogP contribution in [0, 0.1) is 0 Å². The topological polar surface area (TPSA) is 138 Å². The fourth-order valence-electron chi connectivity index (χ4n) is 5.50. The number of carbonyl (C=O) groups excluding carboxylic acids is 1. The Labute approximate surface area is 207 Å². The average molecular weight is 497 g/mol. The van der Waals surface area contributed by atoms with Gasteiger partial charge in [-0.2, -0.15) is 0 Å². The molecule has 0 saturated carbocycles. The van der Waals surface area contributed by atoms with E-state index in [4.69, 9.17) is 10.5 Å². The molecule has 0 unspecified atom stereocenters. The monoisotopic (exact) mass is 496 g/mol. The molecule has 2 atom stereocenters. The second-order valence-corrected chi connectivity index (χ2v) is 10.3. The van der Waals surface area contributed by atoms with Crippen LogP contribution in [0.15, 0.2) is 40.2 Å². The predicted octanol–water partition coefficient (Wildman–Crippen LogP) is 0.280. The predicted molar refractivity (Wildman–Crippen MR) is 133 cm³/mol. The molecule has 2 aromatic heterocycles. The maximum Gasteiger partial charge on any atom is 0.332 e. The molecule has 0 bridgehead atoms. The number of aromatic nitrogens is 4. The van der Waals surface area contributed by atoms with Gasteiger partial charge in [-0.1, -0.05) is 12.1 Å². The molecule has 11 nitrogen and oxygen atoms in total. The molecule has 1 spiro atoms. The van der Waals surface area contributed by atoms with Crippen molar-refractivity contribution >= 4 is 17.1 Å². The molecule has 192 valence electrons. The lowest BCUT2D eigenvalue weighted by molar-refractivity contribution is -0.198. The Bertz CT molecular complexity index is 1440. The molecule has 1 aromatic carbocycles. The molecule has 5 rings (SSSR count). The number of nitrogens with zero attached hydrogens (tertiary/aromatic N) is 5. The lowest BCUT2D eigenvalue weighted by Crippen LogP contribution is -2.57. The van der Waals surface area contributed by atoms with Crippen molar-refractivity contribution in [1.82, 2.24) is 23.6 Å². The third-order valence-corrected chi connectivity index (χ3v) is 7.83. The number of piperidine rings is 1. The van der Waals surface area contributed by atoms with Crippen LogP contribution in [-0.2, 0) is 25.4 Å². The molecule has 4 heterocycles. The molecule has 2 aliphatic rings. The lowest BCUT2D eigenvalue weighted by atomic mass is 9.77. The molecule has 2 fully saturated rings. The molecular formula is C25H32N6O5. The van der Waals surface area contributed by atoms with Gasteiger partial charge in [0.2, 0.25) is 0 Å². The van der Waals surface area contributed by atoms with Crippen LogP contribution < -0.4 is 17.0 Å². The van der Waals surface area contributed by atoms with E-state index >= 15 is 0 Å². The number of nitrogens with two attached hydrogens (primary N) is 1. The summed E-state index contributed by atoms with van der Waals surface area (Å²) >= 11 is 0. The second-order valence-electron chi connectivity index (χ2n) is 10.3. The highest BCUT2D eigenvalue weighted by atomic mass is 16.5. The van der Waals surface area contributed by atoms with Crippen molar-refractivity contribution in [3.63, 3.8) is 0 Å². The SMILES string of the molecule is Cn1c(=O)c2c(ncn2[C@H]2CC3(CCN(C(=O)c4cccc(CN)c4)CC3)OC[C@]2(C)O)n(C)c1=O. The molecule has 11 heteroatoms. The van der Waals surface area contributed by atoms with Crippen LogP contribution in [0.1, 0.15) is 48.1 Å². The minimum atomic E-state index is -1.26. The van der Waals surface area contributed by atoms with Gasteiger partial charge in [0, 0.05) is 45.7 Å². The minimum absolute atomic E-state index is 0.0375. The zero-order valence-electron chi connectivity index (χ0n) is 20.8. The van der Waals surface area contributed by atoms with Gasteiger partial charge in [0.05, 0.1) is 24.6 Å². The van der Waals surface area contributed by atoms with Gasteiger partial charge >= 0.3 is 5.69 Å². The number of benzene rings is 1. The Balaban J connectivity index is 1.41. The van der Waals surface area contributed by atoms with Crippen molar-refractivity contribution in [3.8, 4) is 0 Å². The first-order valence-electron chi connectivity index (χ1n) is 12.1. The molecule has 0 aliphatic carbocycles. The number of hydrogen-bond donors (Lipinski definition) is 2. The quantitative estimate of drug-likeness (QED) is 0.531. The Morgan fingerprint density at radius 2 is 1.94 bits per heavy atom. The first-order valence-corrected chi connectivity index (χ1v) is 12.1. The summed E-state index contributed by atoms with van der Waals surface area (Å²) in [6.45, 7) is 3.17. The first-order chi connectivity index (χ1) is 17.1. The van der Waals surface area contributed by atoms with Gasteiger partial charge in [-0.15, -0.1) is 0 Å². The fourth-order valence-corrected chi connectivity index (χ4v) is 5.50. The molecule has 3 aromatic rings. The number of likely N-dealkylation sites (tertiary alicyclic amines) is 1. The molecular weight excluding hydrogens is 464 g/mol. The maximum atomic E-state index is 13.1. The fraction of sp³-hybridized carbons (Fsp3) is 0.520. The number of amides is 1. The molecule has 0 radical (unpaired) electrons. The maximum absolute atomic E-state index is 13.1. The number of ether oxygens (including phenoxy) is 1. The lowest BCUT2D eigenvalue weighted by Gasteiger charge is -2.51. The van der Waals surface area contributed by atoms with Crippen LogP contribution >= 0.6 is 0 Å². The average Bonchev–Trinajstić information content (AvgIpc) is 3.33. The summed E-state index contributed by atoms with van der Waals surface area (Å²) in [6, 6.07) is 6.87. The van der Waals surface area contributed by atoms with E-state index in [0.717, 1.165) is 10.1 Å². The van der Waals surface area contributed by atoms with E-state index in [1.54, 1.807) is 24.6 Å². The summed E-state index contributed by atoms with van der Waals surface area (Å²) in [5.41, 5.74) is 5.08.